The Kier molecular flexibility index (Phi) is 5.03. The van der Waals surface area contributed by atoms with Crippen molar-refractivity contribution in [2.45, 2.75) is 32.7 Å². The molecule has 2 heterocycles. The van der Waals surface area contributed by atoms with E-state index >= 15 is 0 Å². The standard InChI is InChI=1S/C14H17N3OS/c1-2-3-4-13(18)16-9-12-10-19-14(17-12)11-5-7-15-8-6-11/h5-8,10H,2-4,9H2,1H3,(H,16,18). The fraction of sp³-hybridized carbons (Fsp3) is 0.357. The Bertz CT molecular complexity index is 524. The molecule has 0 fully saturated rings. The molecule has 0 spiro atoms. The van der Waals surface area contributed by atoms with Gasteiger partial charge in [-0.3, -0.25) is 9.78 Å². The van der Waals surface area contributed by atoms with Crippen LogP contribution in [0, 0.1) is 0 Å². The fourth-order valence-corrected chi connectivity index (χ4v) is 2.46. The molecule has 0 saturated heterocycles. The van der Waals surface area contributed by atoms with E-state index in [0.717, 1.165) is 29.1 Å². The van der Waals surface area contributed by atoms with Gasteiger partial charge in [0, 0.05) is 29.8 Å². The number of unbranched alkanes of at least 4 members (excludes halogenated alkanes) is 1. The van der Waals surface area contributed by atoms with Gasteiger partial charge < -0.3 is 5.32 Å². The van der Waals surface area contributed by atoms with E-state index in [9.17, 15) is 4.79 Å². The van der Waals surface area contributed by atoms with Crippen molar-refractivity contribution in [2.75, 3.05) is 0 Å². The number of carbonyl (C=O) groups is 1. The zero-order chi connectivity index (χ0) is 13.5. The summed E-state index contributed by atoms with van der Waals surface area (Å²) in [7, 11) is 0. The molecule has 5 heteroatoms. The van der Waals surface area contributed by atoms with Gasteiger partial charge in [-0.25, -0.2) is 4.98 Å². The second-order valence-corrected chi connectivity index (χ2v) is 5.12. The zero-order valence-corrected chi connectivity index (χ0v) is 11.7. The summed E-state index contributed by atoms with van der Waals surface area (Å²) in [6.45, 7) is 2.58. The van der Waals surface area contributed by atoms with Crippen molar-refractivity contribution in [2.24, 2.45) is 0 Å². The van der Waals surface area contributed by atoms with Crippen LogP contribution in [-0.4, -0.2) is 15.9 Å². The zero-order valence-electron chi connectivity index (χ0n) is 10.9. The largest absolute Gasteiger partial charge is 0.350 e. The van der Waals surface area contributed by atoms with Crippen LogP contribution in [0.15, 0.2) is 29.9 Å². The van der Waals surface area contributed by atoms with E-state index in [0.29, 0.717) is 13.0 Å². The van der Waals surface area contributed by atoms with Crippen LogP contribution in [0.1, 0.15) is 31.9 Å². The normalized spacial score (nSPS) is 10.4. The first-order valence-corrected chi connectivity index (χ1v) is 7.29. The third kappa shape index (κ3) is 4.13. The number of nitrogens with one attached hydrogen (secondary N) is 1. The summed E-state index contributed by atoms with van der Waals surface area (Å²) in [5.74, 6) is 0.0975. The average Bonchev–Trinajstić information content (AvgIpc) is 2.93. The topological polar surface area (TPSA) is 54.9 Å². The van der Waals surface area contributed by atoms with Gasteiger partial charge in [0.25, 0.3) is 0 Å². The molecule has 2 aromatic rings. The lowest BCUT2D eigenvalue weighted by Gasteiger charge is -2.01. The quantitative estimate of drug-likeness (QED) is 0.881. The number of hydrogen-bond donors (Lipinski definition) is 1. The predicted octanol–water partition coefficient (Wildman–Crippen LogP) is 3.01. The van der Waals surface area contributed by atoms with E-state index in [2.05, 4.69) is 22.2 Å². The number of carbonyl (C=O) groups excluding carboxylic acids is 1. The van der Waals surface area contributed by atoms with Crippen LogP contribution < -0.4 is 5.32 Å². The highest BCUT2D eigenvalue weighted by molar-refractivity contribution is 7.13. The van der Waals surface area contributed by atoms with Crippen LogP contribution in [0.4, 0.5) is 0 Å². The maximum Gasteiger partial charge on any atom is 0.220 e. The Hall–Kier alpha value is -1.75. The molecule has 0 radical (unpaired) electrons. The van der Waals surface area contributed by atoms with E-state index in [-0.39, 0.29) is 5.91 Å². The average molecular weight is 275 g/mol. The van der Waals surface area contributed by atoms with Gasteiger partial charge in [0.05, 0.1) is 12.2 Å². The first-order chi connectivity index (χ1) is 9.29. The van der Waals surface area contributed by atoms with Crippen molar-refractivity contribution < 1.29 is 4.79 Å². The number of aromatic nitrogens is 2. The van der Waals surface area contributed by atoms with E-state index < -0.39 is 0 Å². The summed E-state index contributed by atoms with van der Waals surface area (Å²) in [5.41, 5.74) is 1.96. The number of amides is 1. The lowest BCUT2D eigenvalue weighted by Crippen LogP contribution is -2.22. The molecule has 2 rings (SSSR count). The van der Waals surface area contributed by atoms with Gasteiger partial charge >= 0.3 is 0 Å². The van der Waals surface area contributed by atoms with Crippen molar-refractivity contribution >= 4 is 17.2 Å². The van der Waals surface area contributed by atoms with Crippen LogP contribution >= 0.6 is 11.3 Å². The van der Waals surface area contributed by atoms with Gasteiger partial charge in [-0.05, 0) is 18.6 Å². The highest BCUT2D eigenvalue weighted by atomic mass is 32.1. The summed E-state index contributed by atoms with van der Waals surface area (Å²) in [6.07, 6.45) is 6.07. The highest BCUT2D eigenvalue weighted by Crippen LogP contribution is 2.22. The van der Waals surface area contributed by atoms with Crippen LogP contribution in [0.2, 0.25) is 0 Å². The van der Waals surface area contributed by atoms with Gasteiger partial charge in [-0.2, -0.15) is 0 Å². The van der Waals surface area contributed by atoms with E-state index in [4.69, 9.17) is 0 Å². The van der Waals surface area contributed by atoms with E-state index in [1.807, 2.05) is 17.5 Å². The number of nitrogens with zero attached hydrogens (tertiary/aromatic N) is 2. The second-order valence-electron chi connectivity index (χ2n) is 4.26. The minimum Gasteiger partial charge on any atom is -0.350 e. The van der Waals surface area contributed by atoms with Gasteiger partial charge in [0.15, 0.2) is 0 Å². The lowest BCUT2D eigenvalue weighted by molar-refractivity contribution is -0.121. The second kappa shape index (κ2) is 6.99. The maximum absolute atomic E-state index is 11.5. The first kappa shape index (κ1) is 13.7. The summed E-state index contributed by atoms with van der Waals surface area (Å²) >= 11 is 1.58. The molecule has 19 heavy (non-hydrogen) atoms. The molecule has 0 saturated carbocycles. The van der Waals surface area contributed by atoms with Crippen molar-refractivity contribution in [1.29, 1.82) is 0 Å². The molecule has 0 aliphatic rings. The van der Waals surface area contributed by atoms with Crippen LogP contribution in [0.5, 0.6) is 0 Å². The molecule has 4 nitrogen and oxygen atoms in total. The van der Waals surface area contributed by atoms with Gasteiger partial charge in [0.1, 0.15) is 5.01 Å². The van der Waals surface area contributed by atoms with Crippen molar-refractivity contribution in [3.63, 3.8) is 0 Å². The molecule has 0 aromatic carbocycles. The van der Waals surface area contributed by atoms with Crippen molar-refractivity contribution in [1.82, 2.24) is 15.3 Å². The molecule has 0 bridgehead atoms. The number of pyridine rings is 1. The molecular weight excluding hydrogens is 258 g/mol. The molecule has 100 valence electrons. The molecule has 1 amide bonds. The molecule has 0 aliphatic heterocycles. The third-order valence-corrected chi connectivity index (χ3v) is 3.64. The van der Waals surface area contributed by atoms with Crippen molar-refractivity contribution in [3.05, 3.63) is 35.6 Å². The minimum atomic E-state index is 0.0975. The van der Waals surface area contributed by atoms with Crippen LogP contribution in [-0.2, 0) is 11.3 Å². The van der Waals surface area contributed by atoms with Gasteiger partial charge in [-0.1, -0.05) is 13.3 Å². The van der Waals surface area contributed by atoms with Gasteiger partial charge in [-0.15, -0.1) is 11.3 Å². The summed E-state index contributed by atoms with van der Waals surface area (Å²) < 4.78 is 0. The summed E-state index contributed by atoms with van der Waals surface area (Å²) in [6, 6.07) is 3.87. The molecular formula is C14H17N3OS. The minimum absolute atomic E-state index is 0.0975. The van der Waals surface area contributed by atoms with E-state index in [1.54, 1.807) is 23.7 Å². The predicted molar refractivity (Wildman–Crippen MR) is 76.7 cm³/mol. The Morgan fingerprint density at radius 1 is 1.37 bits per heavy atom. The molecule has 2 aromatic heterocycles. The van der Waals surface area contributed by atoms with E-state index in [1.165, 1.54) is 0 Å². The third-order valence-electron chi connectivity index (χ3n) is 2.70. The number of thiazole rings is 1. The van der Waals surface area contributed by atoms with Crippen molar-refractivity contribution in [3.8, 4) is 10.6 Å². The molecule has 0 atom stereocenters. The van der Waals surface area contributed by atoms with Gasteiger partial charge in [0.2, 0.25) is 5.91 Å². The number of hydrogen-bond acceptors (Lipinski definition) is 4. The SMILES string of the molecule is CCCCC(=O)NCc1csc(-c2ccncc2)n1. The first-order valence-electron chi connectivity index (χ1n) is 6.41. The Morgan fingerprint density at radius 2 is 2.16 bits per heavy atom. The Labute approximate surface area is 116 Å². The monoisotopic (exact) mass is 275 g/mol. The maximum atomic E-state index is 11.5. The molecule has 0 aliphatic carbocycles. The Morgan fingerprint density at radius 3 is 2.89 bits per heavy atom. The van der Waals surface area contributed by atoms with Crippen LogP contribution in [0.3, 0.4) is 0 Å². The van der Waals surface area contributed by atoms with Crippen LogP contribution in [0.25, 0.3) is 10.6 Å². The summed E-state index contributed by atoms with van der Waals surface area (Å²) in [5, 5.41) is 5.83. The molecule has 1 N–H and O–H groups in total. The fourth-order valence-electron chi connectivity index (χ4n) is 1.63. The lowest BCUT2D eigenvalue weighted by atomic mass is 10.2. The Balaban J connectivity index is 1.90. The summed E-state index contributed by atoms with van der Waals surface area (Å²) in [4.78, 5) is 20.0. The highest BCUT2D eigenvalue weighted by Gasteiger charge is 2.06. The smallest absolute Gasteiger partial charge is 0.220 e. The number of rotatable bonds is 6. The molecule has 0 unspecified atom stereocenters.